The molecule has 0 fully saturated rings. The predicted octanol–water partition coefficient (Wildman–Crippen LogP) is 18.1. The molecule has 0 heterocycles. The van der Waals surface area contributed by atoms with Gasteiger partial charge in [0.2, 0.25) is 0 Å². The summed E-state index contributed by atoms with van der Waals surface area (Å²) in [6.45, 7) is 36.9. The first-order valence-electron chi connectivity index (χ1n) is 25.2. The molecule has 0 spiro atoms. The number of halogens is 2. The van der Waals surface area contributed by atoms with Crippen LogP contribution in [0.4, 0.5) is 17.1 Å². The van der Waals surface area contributed by atoms with Gasteiger partial charge in [-0.3, -0.25) is 0 Å². The summed E-state index contributed by atoms with van der Waals surface area (Å²) < 4.78 is 6.60. The van der Waals surface area contributed by atoms with Gasteiger partial charge in [-0.25, -0.2) is 0 Å². The van der Waals surface area contributed by atoms with Crippen LogP contribution >= 0.6 is 31.9 Å². The molecular weight excluding hydrogens is 1040 g/mol. The largest absolute Gasteiger partial charge is 0.508 e. The molecule has 6 nitrogen and oxygen atoms in total. The van der Waals surface area contributed by atoms with E-state index in [0.29, 0.717) is 53.1 Å². The number of aromatic hydroxyl groups is 3. The Hall–Kier alpha value is -1.78. The molecule has 0 atom stereocenters. The van der Waals surface area contributed by atoms with Crippen LogP contribution in [0.2, 0.25) is 13.3 Å². The second-order valence-electron chi connectivity index (χ2n) is 20.0. The van der Waals surface area contributed by atoms with Gasteiger partial charge in [0.15, 0.2) is 0 Å². The smallest absolute Gasteiger partial charge is 0.135 e. The molecule has 65 heavy (non-hydrogen) atoms. The normalized spacial score (nSPS) is 11.0. The van der Waals surface area contributed by atoms with Gasteiger partial charge < -0.3 is 31.3 Å². The molecule has 3 aromatic carbocycles. The van der Waals surface area contributed by atoms with E-state index in [9.17, 15) is 15.3 Å². The van der Waals surface area contributed by atoms with Gasteiger partial charge in [0.1, 0.15) is 17.2 Å². The number of phenolic OH excluding ortho intramolecular Hbond substituents is 3. The quantitative estimate of drug-likeness (QED) is 0.0530. The molecule has 0 amide bonds. The second-order valence-corrected chi connectivity index (χ2v) is 31.5. The van der Waals surface area contributed by atoms with Crippen molar-refractivity contribution in [2.45, 2.75) is 227 Å². The molecule has 0 aliphatic heterocycles. The summed E-state index contributed by atoms with van der Waals surface area (Å²) in [4.78, 5) is 0. The molecule has 3 aromatic rings. The number of phenols is 3. The van der Waals surface area contributed by atoms with Crippen molar-refractivity contribution in [3.05, 3.63) is 67.1 Å². The van der Waals surface area contributed by atoms with Gasteiger partial charge in [-0.2, -0.15) is 0 Å². The van der Waals surface area contributed by atoms with Gasteiger partial charge in [0, 0.05) is 29.9 Å². The third kappa shape index (κ3) is 27.7. The predicted molar refractivity (Wildman–Crippen MR) is 303 cm³/mol. The van der Waals surface area contributed by atoms with Gasteiger partial charge in [-0.1, -0.05) is 62.8 Å². The molecule has 0 aromatic heterocycles. The van der Waals surface area contributed by atoms with Crippen LogP contribution in [0.1, 0.15) is 191 Å². The molecule has 376 valence electrons. The van der Waals surface area contributed by atoms with E-state index in [2.05, 4.69) is 184 Å². The third-order valence-electron chi connectivity index (χ3n) is 10.7. The minimum atomic E-state index is -0.967. The summed E-state index contributed by atoms with van der Waals surface area (Å²) in [5.74, 6) is 2.90. The van der Waals surface area contributed by atoms with Gasteiger partial charge in [0.25, 0.3) is 0 Å². The Kier molecular flexibility index (Phi) is 36.4. The Bertz CT molecular complexity index is 1690. The Morgan fingerprint density at radius 1 is 0.492 bits per heavy atom. The molecule has 3 rings (SSSR count). The Morgan fingerprint density at radius 3 is 1.29 bits per heavy atom. The van der Waals surface area contributed by atoms with Crippen molar-refractivity contribution in [3.63, 3.8) is 0 Å². The summed E-state index contributed by atoms with van der Waals surface area (Å²) in [6.07, 6.45) is 13.6. The van der Waals surface area contributed by atoms with Crippen LogP contribution in [0.25, 0.3) is 0 Å². The summed E-state index contributed by atoms with van der Waals surface area (Å²) in [6, 6.07) is 11.2. The van der Waals surface area contributed by atoms with Gasteiger partial charge in [-0.15, -0.1) is 0 Å². The maximum Gasteiger partial charge on any atom is 0.135 e. The van der Waals surface area contributed by atoms with Crippen LogP contribution < -0.4 is 16.0 Å². The van der Waals surface area contributed by atoms with Crippen molar-refractivity contribution in [1.82, 2.24) is 0 Å². The van der Waals surface area contributed by atoms with E-state index in [0.717, 1.165) is 69.2 Å². The van der Waals surface area contributed by atoms with Crippen LogP contribution in [0.5, 0.6) is 17.2 Å². The van der Waals surface area contributed by atoms with E-state index in [1.807, 2.05) is 12.1 Å². The summed E-state index contributed by atoms with van der Waals surface area (Å²) >= 11 is 5.92. The number of hydrogen-bond donors (Lipinski definition) is 6. The van der Waals surface area contributed by atoms with Crippen LogP contribution in [0, 0.1) is 17.8 Å². The average molecular weight is 1140 g/mol. The van der Waals surface area contributed by atoms with Crippen LogP contribution in [0.3, 0.4) is 0 Å². The standard InChI is InChI=1S/C15H24BrNO.C15H25NO.C13H20BrNO.3C4H9.CH4.Sn.H/c1-6-12-11(7-9(2)3)8-13(17-10(4)5)14(16)15(12)18;1-6-14-12(7-10(2)3)8-13(9-15(14)17)16-11(4)5;1-8(2)5-10-6-11(15-9(3)4)13(14)12(16)7-10;3*1-3-4-2;;;/h8-10,17-18H,6-7H2,1-5H3;8-11,16-17H,6-7H2,1-5H3;6-9,15-16H,5H2,1-4H3;3*1,3-4H2,2H3;1H4;;. The fraction of sp³-hybridized carbons (Fsp3) is 0.679. The maximum absolute atomic E-state index is 10.3. The van der Waals surface area contributed by atoms with E-state index in [1.54, 1.807) is 13.3 Å². The van der Waals surface area contributed by atoms with Gasteiger partial charge in [0.05, 0.1) is 20.3 Å². The molecule has 0 aliphatic carbocycles. The first-order chi connectivity index (χ1) is 30.0. The molecule has 0 aliphatic rings. The zero-order chi connectivity index (χ0) is 49.1. The van der Waals surface area contributed by atoms with Crippen molar-refractivity contribution >= 4 is 68.7 Å². The molecule has 0 bridgehead atoms. The zero-order valence-electron chi connectivity index (χ0n) is 43.9. The Balaban J connectivity index is 0. The number of nitrogens with one attached hydrogen (secondary N) is 3. The number of anilines is 3. The summed E-state index contributed by atoms with van der Waals surface area (Å²) in [7, 11) is 0. The Labute approximate surface area is 426 Å². The van der Waals surface area contributed by atoms with E-state index < -0.39 is 19.8 Å². The number of benzene rings is 3. The first kappa shape index (κ1) is 65.3. The minimum absolute atomic E-state index is 0. The summed E-state index contributed by atoms with van der Waals surface area (Å²) in [5, 5.41) is 40.2. The van der Waals surface area contributed by atoms with Gasteiger partial charge in [-0.05, 0) is 175 Å². The van der Waals surface area contributed by atoms with Crippen LogP contribution in [-0.2, 0) is 32.1 Å². The second kappa shape index (κ2) is 36.2. The fourth-order valence-electron chi connectivity index (χ4n) is 7.92. The Morgan fingerprint density at radius 2 is 0.908 bits per heavy atom. The molecular formula is C56H101Br2N3O3Sn. The molecule has 6 N–H and O–H groups in total. The SMILES string of the molecule is C.CC(C)Cc1cc(O)c(Br)c(NC(C)C)c1.CCC[CH2][SnH]([CH2]CCC)[CH2]CCC.CCc1c(CC(C)C)cc(NC(C)C)c(Br)c1O.CCc1c(O)cc(NC(C)C)cc1CC(C)C. The van der Waals surface area contributed by atoms with E-state index in [4.69, 9.17) is 0 Å². The van der Waals surface area contributed by atoms with E-state index in [1.165, 1.54) is 55.2 Å². The van der Waals surface area contributed by atoms with Gasteiger partial charge >= 0.3 is 92.4 Å². The minimum Gasteiger partial charge on any atom is -0.508 e. The summed E-state index contributed by atoms with van der Waals surface area (Å²) in [5.41, 5.74) is 8.80. The molecule has 0 saturated heterocycles. The number of unbranched alkanes of at least 4 members (excludes halogenated alkanes) is 3. The van der Waals surface area contributed by atoms with Crippen molar-refractivity contribution < 1.29 is 15.3 Å². The van der Waals surface area contributed by atoms with Crippen molar-refractivity contribution in [2.24, 2.45) is 17.8 Å². The van der Waals surface area contributed by atoms with E-state index in [-0.39, 0.29) is 7.43 Å². The number of rotatable bonds is 23. The first-order valence-corrected chi connectivity index (χ1v) is 33.8. The maximum atomic E-state index is 10.3. The number of hydrogen-bond acceptors (Lipinski definition) is 6. The fourth-order valence-corrected chi connectivity index (χ4v) is 19.6. The van der Waals surface area contributed by atoms with Crippen molar-refractivity contribution in [3.8, 4) is 17.2 Å². The average Bonchev–Trinajstić information content (AvgIpc) is 3.18. The molecule has 0 radical (unpaired) electrons. The zero-order valence-corrected chi connectivity index (χ0v) is 50.4. The van der Waals surface area contributed by atoms with Crippen LogP contribution in [0.15, 0.2) is 39.3 Å². The topological polar surface area (TPSA) is 96.8 Å². The van der Waals surface area contributed by atoms with Crippen molar-refractivity contribution in [1.29, 1.82) is 0 Å². The van der Waals surface area contributed by atoms with Crippen LogP contribution in [-0.4, -0.2) is 53.2 Å². The van der Waals surface area contributed by atoms with Crippen molar-refractivity contribution in [2.75, 3.05) is 16.0 Å². The molecule has 0 unspecified atom stereocenters. The van der Waals surface area contributed by atoms with E-state index >= 15 is 0 Å². The monoisotopic (exact) mass is 1140 g/mol. The molecule has 9 heteroatoms. The molecule has 0 saturated carbocycles. The third-order valence-corrected chi connectivity index (χ3v) is 22.8.